The number of piperidine rings is 1. The number of carbonyl (C=O) groups is 1. The van der Waals surface area contributed by atoms with Gasteiger partial charge < -0.3 is 5.11 Å². The normalized spacial score (nSPS) is 17.8. The van der Waals surface area contributed by atoms with E-state index < -0.39 is 16.2 Å². The standard InChI is InChI=1S/C10H16N4O4S3/c1-7-2-4-14(5-3-7)21(17,18)13-9-11-12-10(20-9)19-6-8(15)16/h7H,2-6H2,1H3,(H,11,13)(H,15,16). The van der Waals surface area contributed by atoms with Gasteiger partial charge in [0.05, 0.1) is 5.75 Å². The molecule has 21 heavy (non-hydrogen) atoms. The average Bonchev–Trinajstić information content (AvgIpc) is 2.84. The molecule has 1 aliphatic heterocycles. The summed E-state index contributed by atoms with van der Waals surface area (Å²) in [6.45, 7) is 3.10. The summed E-state index contributed by atoms with van der Waals surface area (Å²) < 4.78 is 28.6. The van der Waals surface area contributed by atoms with E-state index in [1.54, 1.807) is 0 Å². The van der Waals surface area contributed by atoms with Crippen molar-refractivity contribution in [2.75, 3.05) is 23.6 Å². The summed E-state index contributed by atoms with van der Waals surface area (Å²) in [6.07, 6.45) is 1.69. The molecule has 1 saturated heterocycles. The predicted molar refractivity (Wildman–Crippen MR) is 80.8 cm³/mol. The zero-order chi connectivity index (χ0) is 15.5. The van der Waals surface area contributed by atoms with Crippen LogP contribution in [0.25, 0.3) is 0 Å². The highest BCUT2D eigenvalue weighted by atomic mass is 32.2. The fourth-order valence-corrected chi connectivity index (χ4v) is 4.72. The summed E-state index contributed by atoms with van der Waals surface area (Å²) in [4.78, 5) is 10.5. The maximum atomic E-state index is 12.2. The predicted octanol–water partition coefficient (Wildman–Crippen LogP) is 1.10. The number of carboxylic acid groups (broad SMARTS) is 1. The second kappa shape index (κ2) is 6.90. The van der Waals surface area contributed by atoms with E-state index in [0.717, 1.165) is 35.9 Å². The summed E-state index contributed by atoms with van der Waals surface area (Å²) in [5, 5.41) is 16.2. The molecular weight excluding hydrogens is 336 g/mol. The van der Waals surface area contributed by atoms with E-state index in [0.29, 0.717) is 23.3 Å². The maximum absolute atomic E-state index is 12.2. The Labute approximate surface area is 131 Å². The van der Waals surface area contributed by atoms with Crippen molar-refractivity contribution in [3.63, 3.8) is 0 Å². The van der Waals surface area contributed by atoms with Crippen molar-refractivity contribution in [2.45, 2.75) is 24.1 Å². The van der Waals surface area contributed by atoms with Crippen molar-refractivity contribution >= 4 is 44.4 Å². The summed E-state index contributed by atoms with van der Waals surface area (Å²) in [5.41, 5.74) is 0. The van der Waals surface area contributed by atoms with Crippen LogP contribution in [0.3, 0.4) is 0 Å². The molecule has 1 aromatic rings. The summed E-state index contributed by atoms with van der Waals surface area (Å²) in [5.74, 6) is -0.553. The lowest BCUT2D eigenvalue weighted by molar-refractivity contribution is -0.133. The third kappa shape index (κ3) is 4.80. The van der Waals surface area contributed by atoms with Gasteiger partial charge in [-0.3, -0.25) is 4.79 Å². The molecule has 2 N–H and O–H groups in total. The van der Waals surface area contributed by atoms with Gasteiger partial charge in [0.2, 0.25) is 5.13 Å². The van der Waals surface area contributed by atoms with Crippen molar-refractivity contribution in [1.82, 2.24) is 14.5 Å². The highest BCUT2D eigenvalue weighted by Crippen LogP contribution is 2.27. The van der Waals surface area contributed by atoms with E-state index in [9.17, 15) is 13.2 Å². The van der Waals surface area contributed by atoms with Crippen LogP contribution < -0.4 is 4.72 Å². The second-order valence-corrected chi connectivity index (χ2v) is 8.61. The summed E-state index contributed by atoms with van der Waals surface area (Å²) >= 11 is 2.03. The lowest BCUT2D eigenvalue weighted by Crippen LogP contribution is -2.41. The Balaban J connectivity index is 1.95. The van der Waals surface area contributed by atoms with E-state index in [1.807, 2.05) is 0 Å². The van der Waals surface area contributed by atoms with Gasteiger partial charge in [0, 0.05) is 13.1 Å². The molecule has 118 valence electrons. The minimum Gasteiger partial charge on any atom is -0.481 e. The Kier molecular flexibility index (Phi) is 5.41. The lowest BCUT2D eigenvalue weighted by Gasteiger charge is -2.28. The molecule has 0 aliphatic carbocycles. The third-order valence-electron chi connectivity index (χ3n) is 3.02. The number of hydrogen-bond donors (Lipinski definition) is 2. The third-order valence-corrected chi connectivity index (χ3v) is 6.61. The van der Waals surface area contributed by atoms with Gasteiger partial charge in [-0.25, -0.2) is 4.72 Å². The molecule has 0 atom stereocenters. The molecular formula is C10H16N4O4S3. The molecule has 2 heterocycles. The molecule has 8 nitrogen and oxygen atoms in total. The van der Waals surface area contributed by atoms with E-state index in [-0.39, 0.29) is 10.9 Å². The van der Waals surface area contributed by atoms with Crippen LogP contribution in [0.5, 0.6) is 0 Å². The number of thioether (sulfide) groups is 1. The van der Waals surface area contributed by atoms with Crippen LogP contribution in [-0.2, 0) is 15.0 Å². The van der Waals surface area contributed by atoms with Crippen LogP contribution in [0.1, 0.15) is 19.8 Å². The molecule has 0 bridgehead atoms. The maximum Gasteiger partial charge on any atom is 0.313 e. The molecule has 0 unspecified atom stereocenters. The molecule has 0 spiro atoms. The van der Waals surface area contributed by atoms with E-state index in [4.69, 9.17) is 5.11 Å². The first kappa shape index (κ1) is 16.5. The van der Waals surface area contributed by atoms with Crippen molar-refractivity contribution in [2.24, 2.45) is 5.92 Å². The van der Waals surface area contributed by atoms with Crippen molar-refractivity contribution in [3.8, 4) is 0 Å². The smallest absolute Gasteiger partial charge is 0.313 e. The number of anilines is 1. The fraction of sp³-hybridized carbons (Fsp3) is 0.700. The Bertz CT molecular complexity index is 595. The van der Waals surface area contributed by atoms with Gasteiger partial charge in [-0.1, -0.05) is 30.0 Å². The number of nitrogens with zero attached hydrogens (tertiary/aromatic N) is 3. The molecule has 11 heteroatoms. The Morgan fingerprint density at radius 1 is 1.48 bits per heavy atom. The van der Waals surface area contributed by atoms with Crippen LogP contribution in [0.4, 0.5) is 5.13 Å². The molecule has 2 rings (SSSR count). The van der Waals surface area contributed by atoms with Crippen LogP contribution in [0.15, 0.2) is 4.34 Å². The quantitative estimate of drug-likeness (QED) is 0.737. The first-order chi connectivity index (χ1) is 9.87. The molecule has 0 amide bonds. The van der Waals surface area contributed by atoms with E-state index >= 15 is 0 Å². The largest absolute Gasteiger partial charge is 0.481 e. The Hall–Kier alpha value is -0.910. The highest BCUT2D eigenvalue weighted by Gasteiger charge is 2.27. The number of nitrogens with one attached hydrogen (secondary N) is 1. The van der Waals surface area contributed by atoms with Crippen molar-refractivity contribution < 1.29 is 18.3 Å². The second-order valence-electron chi connectivity index (χ2n) is 4.74. The van der Waals surface area contributed by atoms with Crippen LogP contribution in [0, 0.1) is 5.92 Å². The number of carboxylic acids is 1. The number of aliphatic carboxylic acids is 1. The first-order valence-corrected chi connectivity index (χ1v) is 9.57. The van der Waals surface area contributed by atoms with Crippen molar-refractivity contribution in [1.29, 1.82) is 0 Å². The average molecular weight is 352 g/mol. The van der Waals surface area contributed by atoms with Crippen molar-refractivity contribution in [3.05, 3.63) is 0 Å². The number of hydrogen-bond acceptors (Lipinski definition) is 7. The van der Waals surface area contributed by atoms with Gasteiger partial charge in [0.25, 0.3) is 0 Å². The molecule has 1 aromatic heterocycles. The van der Waals surface area contributed by atoms with Crippen LogP contribution in [-0.4, -0.2) is 52.8 Å². The minimum atomic E-state index is -3.61. The molecule has 1 fully saturated rings. The number of aromatic nitrogens is 2. The topological polar surface area (TPSA) is 112 Å². The van der Waals surface area contributed by atoms with Gasteiger partial charge in [0.1, 0.15) is 0 Å². The van der Waals surface area contributed by atoms with Gasteiger partial charge >= 0.3 is 16.2 Å². The van der Waals surface area contributed by atoms with Gasteiger partial charge in [-0.15, -0.1) is 10.2 Å². The minimum absolute atomic E-state index is 0.134. The Morgan fingerprint density at radius 3 is 2.76 bits per heavy atom. The highest BCUT2D eigenvalue weighted by molar-refractivity contribution is 8.01. The molecule has 0 saturated carbocycles. The summed E-state index contributed by atoms with van der Waals surface area (Å²) in [7, 11) is -3.61. The molecule has 0 radical (unpaired) electrons. The first-order valence-electron chi connectivity index (χ1n) is 6.33. The summed E-state index contributed by atoms with van der Waals surface area (Å²) in [6, 6.07) is 0. The Morgan fingerprint density at radius 2 is 2.14 bits per heavy atom. The van der Waals surface area contributed by atoms with Gasteiger partial charge in [-0.05, 0) is 18.8 Å². The van der Waals surface area contributed by atoms with E-state index in [2.05, 4.69) is 21.8 Å². The molecule has 0 aromatic carbocycles. The zero-order valence-electron chi connectivity index (χ0n) is 11.4. The number of rotatable bonds is 6. The lowest BCUT2D eigenvalue weighted by atomic mass is 10.0. The van der Waals surface area contributed by atoms with Gasteiger partial charge in [-0.2, -0.15) is 12.7 Å². The zero-order valence-corrected chi connectivity index (χ0v) is 13.8. The van der Waals surface area contributed by atoms with E-state index in [1.165, 1.54) is 4.31 Å². The SMILES string of the molecule is CC1CCN(S(=O)(=O)Nc2nnc(SCC(=O)O)s2)CC1. The van der Waals surface area contributed by atoms with Crippen LogP contribution >= 0.6 is 23.1 Å². The van der Waals surface area contributed by atoms with Crippen LogP contribution in [0.2, 0.25) is 0 Å². The molecule has 1 aliphatic rings. The van der Waals surface area contributed by atoms with Gasteiger partial charge in [0.15, 0.2) is 4.34 Å². The monoisotopic (exact) mass is 352 g/mol. The fourth-order valence-electron chi connectivity index (χ4n) is 1.83.